The maximum Gasteiger partial charge on any atom is 0.308 e. The molecule has 1 aromatic heterocycles. The molecule has 0 amide bonds. The number of rotatable bonds is 2. The van der Waals surface area contributed by atoms with Crippen LogP contribution in [0.15, 0.2) is 12.3 Å². The summed E-state index contributed by atoms with van der Waals surface area (Å²) in [5, 5.41) is 9.34. The summed E-state index contributed by atoms with van der Waals surface area (Å²) in [6.45, 7) is 1.24. The first-order valence-electron chi connectivity index (χ1n) is 5.13. The van der Waals surface area contributed by atoms with Crippen LogP contribution < -0.4 is 4.90 Å². The Kier molecular flexibility index (Phi) is 3.24. The van der Waals surface area contributed by atoms with Crippen LogP contribution in [-0.2, 0) is 4.79 Å². The van der Waals surface area contributed by atoms with Crippen molar-refractivity contribution in [1.82, 2.24) is 9.97 Å². The van der Waals surface area contributed by atoms with E-state index in [1.165, 1.54) is 0 Å². The molecule has 1 saturated heterocycles. The SMILES string of the molecule is O=C(O)[C@H]1CCCN(c2nccc(Cl)n2)C1. The largest absolute Gasteiger partial charge is 0.481 e. The first kappa shape index (κ1) is 11.1. The number of aliphatic carboxylic acids is 1. The van der Waals surface area contributed by atoms with Crippen LogP contribution in [0.3, 0.4) is 0 Å². The van der Waals surface area contributed by atoms with Gasteiger partial charge in [-0.25, -0.2) is 9.97 Å². The van der Waals surface area contributed by atoms with Crippen LogP contribution >= 0.6 is 11.6 Å². The summed E-state index contributed by atoms with van der Waals surface area (Å²) in [5.41, 5.74) is 0. The zero-order valence-electron chi connectivity index (χ0n) is 8.64. The molecule has 2 heterocycles. The number of carboxylic acids is 1. The summed E-state index contributed by atoms with van der Waals surface area (Å²) in [7, 11) is 0. The number of hydrogen-bond donors (Lipinski definition) is 1. The highest BCUT2D eigenvalue weighted by molar-refractivity contribution is 6.29. The van der Waals surface area contributed by atoms with Gasteiger partial charge in [0.15, 0.2) is 0 Å². The summed E-state index contributed by atoms with van der Waals surface area (Å²) in [6.07, 6.45) is 3.13. The van der Waals surface area contributed by atoms with Gasteiger partial charge in [0.25, 0.3) is 0 Å². The van der Waals surface area contributed by atoms with E-state index in [9.17, 15) is 4.79 Å². The van der Waals surface area contributed by atoms with E-state index in [-0.39, 0.29) is 5.92 Å². The van der Waals surface area contributed by atoms with Gasteiger partial charge in [0.1, 0.15) is 5.15 Å². The second-order valence-electron chi connectivity index (χ2n) is 3.80. The Bertz CT molecular complexity index is 399. The van der Waals surface area contributed by atoms with Crippen LogP contribution in [-0.4, -0.2) is 34.1 Å². The molecule has 1 N–H and O–H groups in total. The molecule has 86 valence electrons. The van der Waals surface area contributed by atoms with Crippen molar-refractivity contribution in [2.24, 2.45) is 5.92 Å². The molecule has 0 aliphatic carbocycles. The predicted molar refractivity (Wildman–Crippen MR) is 59.6 cm³/mol. The van der Waals surface area contributed by atoms with Gasteiger partial charge in [-0.05, 0) is 18.9 Å². The Labute approximate surface area is 98.1 Å². The predicted octanol–water partition coefficient (Wildman–Crippen LogP) is 1.43. The molecule has 5 nitrogen and oxygen atoms in total. The van der Waals surface area contributed by atoms with Crippen molar-refractivity contribution < 1.29 is 9.90 Å². The van der Waals surface area contributed by atoms with Gasteiger partial charge in [0.05, 0.1) is 5.92 Å². The highest BCUT2D eigenvalue weighted by atomic mass is 35.5. The summed E-state index contributed by atoms with van der Waals surface area (Å²) >= 11 is 5.77. The fourth-order valence-corrected chi connectivity index (χ4v) is 1.97. The molecule has 1 atom stereocenters. The highest BCUT2D eigenvalue weighted by Crippen LogP contribution is 2.21. The van der Waals surface area contributed by atoms with Crippen molar-refractivity contribution in [3.05, 3.63) is 17.4 Å². The second-order valence-corrected chi connectivity index (χ2v) is 4.19. The van der Waals surface area contributed by atoms with E-state index in [0.29, 0.717) is 24.1 Å². The van der Waals surface area contributed by atoms with Crippen molar-refractivity contribution in [2.75, 3.05) is 18.0 Å². The third kappa shape index (κ3) is 2.41. The van der Waals surface area contributed by atoms with Gasteiger partial charge in [-0.15, -0.1) is 0 Å². The average molecular weight is 242 g/mol. The van der Waals surface area contributed by atoms with E-state index in [2.05, 4.69) is 9.97 Å². The molecule has 1 aliphatic heterocycles. The minimum absolute atomic E-state index is 0.337. The van der Waals surface area contributed by atoms with E-state index in [1.807, 2.05) is 4.90 Å². The van der Waals surface area contributed by atoms with Crippen molar-refractivity contribution in [1.29, 1.82) is 0 Å². The Hall–Kier alpha value is -1.36. The van der Waals surface area contributed by atoms with Gasteiger partial charge in [0.2, 0.25) is 5.95 Å². The summed E-state index contributed by atoms with van der Waals surface area (Å²) < 4.78 is 0. The molecule has 16 heavy (non-hydrogen) atoms. The van der Waals surface area contributed by atoms with E-state index < -0.39 is 5.97 Å². The number of anilines is 1. The molecule has 0 aromatic carbocycles. The van der Waals surface area contributed by atoms with Gasteiger partial charge < -0.3 is 10.0 Å². The number of halogens is 1. The quantitative estimate of drug-likeness (QED) is 0.794. The third-order valence-electron chi connectivity index (χ3n) is 2.66. The molecule has 6 heteroatoms. The van der Waals surface area contributed by atoms with Crippen molar-refractivity contribution in [3.8, 4) is 0 Å². The lowest BCUT2D eigenvalue weighted by Crippen LogP contribution is -2.39. The number of nitrogens with zero attached hydrogens (tertiary/aromatic N) is 3. The lowest BCUT2D eigenvalue weighted by Gasteiger charge is -2.30. The maximum atomic E-state index is 10.9. The fraction of sp³-hybridized carbons (Fsp3) is 0.500. The second kappa shape index (κ2) is 4.65. The van der Waals surface area contributed by atoms with Gasteiger partial charge in [-0.3, -0.25) is 4.79 Å². The van der Waals surface area contributed by atoms with E-state index in [1.54, 1.807) is 12.3 Å². The normalized spacial score (nSPS) is 20.8. The molecular formula is C10H12ClN3O2. The summed E-state index contributed by atoms with van der Waals surface area (Å²) in [4.78, 5) is 20.9. The minimum Gasteiger partial charge on any atom is -0.481 e. The van der Waals surface area contributed by atoms with Crippen LogP contribution in [0.5, 0.6) is 0 Å². The topological polar surface area (TPSA) is 66.3 Å². The smallest absolute Gasteiger partial charge is 0.308 e. The van der Waals surface area contributed by atoms with Gasteiger partial charge in [-0.1, -0.05) is 11.6 Å². The third-order valence-corrected chi connectivity index (χ3v) is 2.87. The molecule has 2 rings (SSSR count). The van der Waals surface area contributed by atoms with Crippen LogP contribution in [0.2, 0.25) is 5.15 Å². The van der Waals surface area contributed by atoms with Crippen molar-refractivity contribution in [3.63, 3.8) is 0 Å². The number of carboxylic acid groups (broad SMARTS) is 1. The Morgan fingerprint density at radius 3 is 3.12 bits per heavy atom. The molecular weight excluding hydrogens is 230 g/mol. The fourth-order valence-electron chi connectivity index (χ4n) is 1.84. The average Bonchev–Trinajstić information content (AvgIpc) is 2.29. The molecule has 1 aliphatic rings. The van der Waals surface area contributed by atoms with Crippen LogP contribution in [0.1, 0.15) is 12.8 Å². The number of piperidine rings is 1. The van der Waals surface area contributed by atoms with Crippen molar-refractivity contribution in [2.45, 2.75) is 12.8 Å². The molecule has 0 unspecified atom stereocenters. The lowest BCUT2D eigenvalue weighted by molar-refractivity contribution is -0.141. The number of carbonyl (C=O) groups is 1. The zero-order valence-corrected chi connectivity index (χ0v) is 9.39. The summed E-state index contributed by atoms with van der Waals surface area (Å²) in [6, 6.07) is 1.60. The first-order chi connectivity index (χ1) is 7.66. The number of hydrogen-bond acceptors (Lipinski definition) is 4. The Balaban J connectivity index is 2.12. The van der Waals surface area contributed by atoms with Gasteiger partial charge >= 0.3 is 5.97 Å². The van der Waals surface area contributed by atoms with Gasteiger partial charge in [0, 0.05) is 19.3 Å². The Morgan fingerprint density at radius 2 is 2.44 bits per heavy atom. The van der Waals surface area contributed by atoms with Crippen LogP contribution in [0, 0.1) is 5.92 Å². The van der Waals surface area contributed by atoms with E-state index in [0.717, 1.165) is 13.0 Å². The van der Waals surface area contributed by atoms with Gasteiger partial charge in [-0.2, -0.15) is 0 Å². The maximum absolute atomic E-state index is 10.9. The van der Waals surface area contributed by atoms with Crippen molar-refractivity contribution >= 4 is 23.5 Å². The lowest BCUT2D eigenvalue weighted by atomic mass is 9.99. The molecule has 0 spiro atoms. The van der Waals surface area contributed by atoms with Crippen LogP contribution in [0.25, 0.3) is 0 Å². The molecule has 0 radical (unpaired) electrons. The minimum atomic E-state index is -0.758. The standard InChI is InChI=1S/C10H12ClN3O2/c11-8-3-4-12-10(13-8)14-5-1-2-7(6-14)9(15)16/h3-4,7H,1-2,5-6H2,(H,15,16)/t7-/m0/s1. The molecule has 0 bridgehead atoms. The van der Waals surface area contributed by atoms with Crippen LogP contribution in [0.4, 0.5) is 5.95 Å². The number of aromatic nitrogens is 2. The monoisotopic (exact) mass is 241 g/mol. The highest BCUT2D eigenvalue weighted by Gasteiger charge is 2.26. The summed E-state index contributed by atoms with van der Waals surface area (Å²) in [5.74, 6) is -0.582. The Morgan fingerprint density at radius 1 is 1.62 bits per heavy atom. The van der Waals surface area contributed by atoms with E-state index >= 15 is 0 Å². The molecule has 1 fully saturated rings. The molecule has 0 saturated carbocycles. The zero-order chi connectivity index (χ0) is 11.5. The van der Waals surface area contributed by atoms with E-state index in [4.69, 9.17) is 16.7 Å². The molecule has 1 aromatic rings. The first-order valence-corrected chi connectivity index (χ1v) is 5.51.